The molecule has 3 heterocycles. The molecule has 0 bridgehead atoms. The van der Waals surface area contributed by atoms with Gasteiger partial charge >= 0.3 is 6.18 Å². The lowest BCUT2D eigenvalue weighted by Gasteiger charge is -2.16. The molecule has 1 aromatic carbocycles. The van der Waals surface area contributed by atoms with E-state index < -0.39 is 12.2 Å². The summed E-state index contributed by atoms with van der Waals surface area (Å²) in [7, 11) is 0. The van der Waals surface area contributed by atoms with Crippen molar-refractivity contribution in [3.05, 3.63) is 30.6 Å². The molecule has 0 aliphatic carbocycles. The van der Waals surface area contributed by atoms with Crippen LogP contribution in [0.3, 0.4) is 0 Å². The molecular weight excluding hydrogens is 359 g/mol. The van der Waals surface area contributed by atoms with Crippen molar-refractivity contribution in [2.45, 2.75) is 32.6 Å². The van der Waals surface area contributed by atoms with Gasteiger partial charge in [0.2, 0.25) is 5.95 Å². The van der Waals surface area contributed by atoms with Crippen LogP contribution in [0.15, 0.2) is 30.6 Å². The molecule has 3 aromatic heterocycles. The largest absolute Gasteiger partial charge is 0.408 e. The number of hydrogen-bond donors (Lipinski definition) is 2. The van der Waals surface area contributed by atoms with Gasteiger partial charge in [0.1, 0.15) is 17.2 Å². The number of halogens is 3. The summed E-state index contributed by atoms with van der Waals surface area (Å²) in [6, 6.07) is 4.02. The Kier molecular flexibility index (Phi) is 3.97. The van der Waals surface area contributed by atoms with Gasteiger partial charge in [-0.15, -0.1) is 5.10 Å². The van der Waals surface area contributed by atoms with Gasteiger partial charge in [0.25, 0.3) is 0 Å². The first-order valence-corrected chi connectivity index (χ1v) is 8.38. The van der Waals surface area contributed by atoms with Gasteiger partial charge in [0, 0.05) is 29.9 Å². The van der Waals surface area contributed by atoms with E-state index in [2.05, 4.69) is 30.6 Å². The third kappa shape index (κ3) is 3.07. The first-order valence-electron chi connectivity index (χ1n) is 8.38. The van der Waals surface area contributed by atoms with Gasteiger partial charge in [-0.25, -0.2) is 9.67 Å². The predicted molar refractivity (Wildman–Crippen MR) is 95.2 cm³/mol. The molecule has 7 nitrogen and oxygen atoms in total. The maximum absolute atomic E-state index is 12.7. The van der Waals surface area contributed by atoms with Crippen molar-refractivity contribution in [2.75, 3.05) is 5.32 Å². The molecule has 4 rings (SSSR count). The van der Waals surface area contributed by atoms with E-state index in [1.807, 2.05) is 25.1 Å². The average molecular weight is 375 g/mol. The lowest BCUT2D eigenvalue weighted by atomic mass is 10.1. The normalized spacial score (nSPS) is 13.4. The molecule has 0 unspecified atom stereocenters. The van der Waals surface area contributed by atoms with Crippen molar-refractivity contribution in [2.24, 2.45) is 0 Å². The van der Waals surface area contributed by atoms with E-state index in [9.17, 15) is 13.2 Å². The Morgan fingerprint density at radius 1 is 1.30 bits per heavy atom. The number of fused-ring (bicyclic) bond motifs is 2. The summed E-state index contributed by atoms with van der Waals surface area (Å²) in [5, 5.41) is 11.2. The summed E-state index contributed by atoms with van der Waals surface area (Å²) in [4.78, 5) is 11.2. The van der Waals surface area contributed by atoms with Crippen LogP contribution in [0.25, 0.3) is 33.2 Å². The number of aryl methyl sites for hydroxylation is 1. The second-order valence-corrected chi connectivity index (χ2v) is 6.17. The monoisotopic (exact) mass is 375 g/mol. The molecule has 27 heavy (non-hydrogen) atoms. The van der Waals surface area contributed by atoms with E-state index in [0.717, 1.165) is 34.5 Å². The van der Waals surface area contributed by atoms with Crippen LogP contribution in [0.5, 0.6) is 0 Å². The Morgan fingerprint density at radius 3 is 2.85 bits per heavy atom. The molecule has 0 aliphatic heterocycles. The van der Waals surface area contributed by atoms with Gasteiger partial charge in [-0.2, -0.15) is 18.2 Å². The van der Waals surface area contributed by atoms with Gasteiger partial charge in [0.15, 0.2) is 0 Å². The molecule has 1 atom stereocenters. The number of nitrogens with zero attached hydrogens (tertiary/aromatic N) is 5. The van der Waals surface area contributed by atoms with E-state index in [4.69, 9.17) is 0 Å². The minimum atomic E-state index is -4.37. The van der Waals surface area contributed by atoms with Crippen LogP contribution in [-0.2, 0) is 6.54 Å². The van der Waals surface area contributed by atoms with Crippen LogP contribution >= 0.6 is 0 Å². The van der Waals surface area contributed by atoms with Gasteiger partial charge in [0.05, 0.1) is 5.52 Å². The molecule has 10 heteroatoms. The first kappa shape index (κ1) is 17.3. The van der Waals surface area contributed by atoms with Crippen molar-refractivity contribution in [1.29, 1.82) is 0 Å². The van der Waals surface area contributed by atoms with Crippen LogP contribution < -0.4 is 5.32 Å². The van der Waals surface area contributed by atoms with Gasteiger partial charge < -0.3 is 10.3 Å². The first-order chi connectivity index (χ1) is 12.9. The molecule has 0 saturated heterocycles. The lowest BCUT2D eigenvalue weighted by Crippen LogP contribution is -2.33. The fourth-order valence-corrected chi connectivity index (χ4v) is 2.86. The molecule has 2 N–H and O–H groups in total. The number of hydrogen-bond acceptors (Lipinski definition) is 5. The minimum absolute atomic E-state index is 0.0792. The number of anilines is 1. The number of nitrogens with one attached hydrogen (secondary N) is 2. The molecule has 0 fully saturated rings. The number of H-pyrrole nitrogens is 1. The summed E-state index contributed by atoms with van der Waals surface area (Å²) in [5.41, 5.74) is 3.93. The second-order valence-electron chi connectivity index (χ2n) is 6.17. The summed E-state index contributed by atoms with van der Waals surface area (Å²) < 4.78 is 39.9. The van der Waals surface area contributed by atoms with Crippen molar-refractivity contribution < 1.29 is 13.2 Å². The molecular formula is C17H16F3N7. The maximum Gasteiger partial charge on any atom is 0.408 e. The van der Waals surface area contributed by atoms with Crippen molar-refractivity contribution in [3.8, 4) is 11.1 Å². The highest BCUT2D eigenvalue weighted by Gasteiger charge is 2.36. The maximum atomic E-state index is 12.7. The zero-order valence-corrected chi connectivity index (χ0v) is 14.5. The molecule has 0 radical (unpaired) electrons. The van der Waals surface area contributed by atoms with E-state index >= 15 is 0 Å². The minimum Gasteiger partial charge on any atom is -0.345 e. The molecule has 0 amide bonds. The molecule has 4 aromatic rings. The summed E-state index contributed by atoms with van der Waals surface area (Å²) in [6.45, 7) is 3.70. The standard InChI is InChI=1S/C17H16F3N7/c1-3-27-14-6-10(4-5-13(14)25-26-27)11-7-21-15-12(11)8-22-16(24-15)23-9(2)17(18,19)20/h4-9H,3H2,1-2H3,(H2,21,22,23,24)/t9-/m1/s1. The summed E-state index contributed by atoms with van der Waals surface area (Å²) >= 11 is 0. The summed E-state index contributed by atoms with van der Waals surface area (Å²) in [6.07, 6.45) is -1.10. The van der Waals surface area contributed by atoms with Crippen LogP contribution in [0, 0.1) is 0 Å². The van der Waals surface area contributed by atoms with Gasteiger partial charge in [-0.3, -0.25) is 0 Å². The third-order valence-corrected chi connectivity index (χ3v) is 4.39. The smallest absolute Gasteiger partial charge is 0.345 e. The van der Waals surface area contributed by atoms with Crippen LogP contribution in [0.2, 0.25) is 0 Å². The van der Waals surface area contributed by atoms with Crippen molar-refractivity contribution in [3.63, 3.8) is 0 Å². The topological polar surface area (TPSA) is 84.3 Å². The molecule has 0 saturated carbocycles. The Balaban J connectivity index is 1.71. The predicted octanol–water partition coefficient (Wildman–Crippen LogP) is 3.75. The van der Waals surface area contributed by atoms with Crippen LogP contribution in [0.1, 0.15) is 13.8 Å². The van der Waals surface area contributed by atoms with Crippen molar-refractivity contribution >= 4 is 28.0 Å². The number of aromatic nitrogens is 6. The highest BCUT2D eigenvalue weighted by Crippen LogP contribution is 2.30. The Hall–Kier alpha value is -3.17. The van der Waals surface area contributed by atoms with E-state index in [-0.39, 0.29) is 5.95 Å². The molecule has 140 valence electrons. The Bertz CT molecular complexity index is 1110. The van der Waals surface area contributed by atoms with E-state index in [1.54, 1.807) is 10.9 Å². The van der Waals surface area contributed by atoms with Crippen LogP contribution in [0.4, 0.5) is 19.1 Å². The average Bonchev–Trinajstić information content (AvgIpc) is 3.23. The van der Waals surface area contributed by atoms with Crippen molar-refractivity contribution in [1.82, 2.24) is 29.9 Å². The third-order valence-electron chi connectivity index (χ3n) is 4.39. The number of benzene rings is 1. The van der Waals surface area contributed by atoms with Gasteiger partial charge in [-0.05, 0) is 31.5 Å². The zero-order valence-electron chi connectivity index (χ0n) is 14.5. The number of rotatable bonds is 4. The number of alkyl halides is 3. The molecule has 0 aliphatic rings. The van der Waals surface area contributed by atoms with Gasteiger partial charge in [-0.1, -0.05) is 11.3 Å². The number of aromatic amines is 1. The van der Waals surface area contributed by atoms with Crippen LogP contribution in [-0.4, -0.2) is 42.2 Å². The quantitative estimate of drug-likeness (QED) is 0.567. The molecule has 0 spiro atoms. The SMILES string of the molecule is CCn1nnc2ccc(-c3c[nH]c4nc(N[C@H](C)C(F)(F)F)ncc34)cc21. The highest BCUT2D eigenvalue weighted by molar-refractivity contribution is 5.95. The Labute approximate surface area is 151 Å². The van der Waals surface area contributed by atoms with E-state index in [0.29, 0.717) is 12.2 Å². The lowest BCUT2D eigenvalue weighted by molar-refractivity contribution is -0.138. The highest BCUT2D eigenvalue weighted by atomic mass is 19.4. The summed E-state index contributed by atoms with van der Waals surface area (Å²) in [5.74, 6) is -0.0792. The fraction of sp³-hybridized carbons (Fsp3) is 0.294. The van der Waals surface area contributed by atoms with E-state index in [1.165, 1.54) is 6.20 Å². The fourth-order valence-electron chi connectivity index (χ4n) is 2.86. The second kappa shape index (κ2) is 6.22. The Morgan fingerprint density at radius 2 is 2.11 bits per heavy atom. The zero-order chi connectivity index (χ0) is 19.2.